The first-order valence-electron chi connectivity index (χ1n) is 12.7. The van der Waals surface area contributed by atoms with Gasteiger partial charge in [0.15, 0.2) is 0 Å². The van der Waals surface area contributed by atoms with Gasteiger partial charge in [-0.1, -0.05) is 71.9 Å². The molecule has 0 fully saturated rings. The summed E-state index contributed by atoms with van der Waals surface area (Å²) < 4.78 is 0. The van der Waals surface area contributed by atoms with Gasteiger partial charge >= 0.3 is 5.97 Å². The molecule has 0 aliphatic carbocycles. The van der Waals surface area contributed by atoms with Crippen molar-refractivity contribution in [2.24, 2.45) is 23.5 Å². The molecule has 1 aromatic carbocycles. The molecule has 0 spiro atoms. The summed E-state index contributed by atoms with van der Waals surface area (Å²) in [6, 6.07) is 6.23. The van der Waals surface area contributed by atoms with E-state index in [-0.39, 0.29) is 30.1 Å². The van der Waals surface area contributed by atoms with Crippen LogP contribution in [0.1, 0.15) is 66.4 Å². The Hall–Kier alpha value is -2.94. The van der Waals surface area contributed by atoms with E-state index in [1.54, 1.807) is 0 Å². The second-order valence-corrected chi connectivity index (χ2v) is 10.6. The van der Waals surface area contributed by atoms with E-state index in [1.165, 1.54) is 0 Å². The highest BCUT2D eigenvalue weighted by Crippen LogP contribution is 2.12. The molecule has 0 heterocycles. The number of rotatable bonds is 15. The molecule has 0 saturated carbocycles. The second kappa shape index (κ2) is 15.2. The Kier molecular flexibility index (Phi) is 13.2. The van der Waals surface area contributed by atoms with Crippen molar-refractivity contribution >= 4 is 23.7 Å². The molecule has 9 nitrogen and oxygen atoms in total. The fourth-order valence-electron chi connectivity index (χ4n) is 3.91. The van der Waals surface area contributed by atoms with E-state index in [9.17, 15) is 24.3 Å². The number of benzene rings is 1. The van der Waals surface area contributed by atoms with E-state index >= 15 is 0 Å². The number of hydrogen-bond acceptors (Lipinski definition) is 5. The van der Waals surface area contributed by atoms with Crippen LogP contribution >= 0.6 is 0 Å². The Morgan fingerprint density at radius 2 is 1.44 bits per heavy atom. The predicted octanol–water partition coefficient (Wildman–Crippen LogP) is 2.23. The molecule has 0 aliphatic rings. The van der Waals surface area contributed by atoms with Crippen LogP contribution in [0, 0.1) is 17.8 Å². The van der Waals surface area contributed by atoms with E-state index < -0.39 is 42.0 Å². The fourth-order valence-corrected chi connectivity index (χ4v) is 3.91. The zero-order valence-electron chi connectivity index (χ0n) is 22.4. The summed E-state index contributed by atoms with van der Waals surface area (Å²) in [6.07, 6.45) is 0.774. The smallest absolute Gasteiger partial charge is 0.305 e. The van der Waals surface area contributed by atoms with Gasteiger partial charge < -0.3 is 26.8 Å². The number of carbonyl (C=O) groups excluding carboxylic acids is 3. The Morgan fingerprint density at radius 1 is 0.833 bits per heavy atom. The third-order valence-electron chi connectivity index (χ3n) is 5.75. The van der Waals surface area contributed by atoms with Gasteiger partial charge in [-0.15, -0.1) is 0 Å². The van der Waals surface area contributed by atoms with Gasteiger partial charge in [-0.3, -0.25) is 19.2 Å². The molecular weight excluding hydrogens is 460 g/mol. The molecule has 0 saturated heterocycles. The molecule has 0 radical (unpaired) electrons. The summed E-state index contributed by atoms with van der Waals surface area (Å²) in [4.78, 5) is 50.1. The lowest BCUT2D eigenvalue weighted by atomic mass is 9.95. The van der Waals surface area contributed by atoms with Crippen LogP contribution in [0.15, 0.2) is 30.3 Å². The highest BCUT2D eigenvalue weighted by Gasteiger charge is 2.32. The first-order valence-corrected chi connectivity index (χ1v) is 12.7. The average molecular weight is 505 g/mol. The number of carboxylic acids is 1. The van der Waals surface area contributed by atoms with Crippen LogP contribution in [0.25, 0.3) is 0 Å². The lowest BCUT2D eigenvalue weighted by Gasteiger charge is -2.30. The highest BCUT2D eigenvalue weighted by molar-refractivity contribution is 5.92. The van der Waals surface area contributed by atoms with Crippen molar-refractivity contribution in [1.29, 1.82) is 0 Å². The number of hydrogen-bond donors (Lipinski definition) is 5. The molecule has 6 N–H and O–H groups in total. The molecule has 36 heavy (non-hydrogen) atoms. The lowest BCUT2D eigenvalue weighted by Crippen LogP contribution is -2.59. The van der Waals surface area contributed by atoms with Gasteiger partial charge in [0.25, 0.3) is 0 Å². The number of carbonyl (C=O) groups is 4. The van der Waals surface area contributed by atoms with Crippen molar-refractivity contribution in [2.45, 2.75) is 91.4 Å². The van der Waals surface area contributed by atoms with Crippen molar-refractivity contribution in [3.63, 3.8) is 0 Å². The lowest BCUT2D eigenvalue weighted by molar-refractivity contribution is -0.138. The zero-order chi connectivity index (χ0) is 27.4. The summed E-state index contributed by atoms with van der Waals surface area (Å²) in [5, 5.41) is 17.7. The predicted molar refractivity (Wildman–Crippen MR) is 140 cm³/mol. The third-order valence-corrected chi connectivity index (χ3v) is 5.75. The molecule has 202 valence electrons. The van der Waals surface area contributed by atoms with E-state index in [2.05, 4.69) is 16.0 Å². The largest absolute Gasteiger partial charge is 0.481 e. The van der Waals surface area contributed by atoms with E-state index in [0.717, 1.165) is 5.56 Å². The van der Waals surface area contributed by atoms with Gasteiger partial charge in [0.1, 0.15) is 12.1 Å². The van der Waals surface area contributed by atoms with Crippen LogP contribution < -0.4 is 21.7 Å². The van der Waals surface area contributed by atoms with E-state index in [4.69, 9.17) is 5.73 Å². The van der Waals surface area contributed by atoms with Crippen molar-refractivity contribution in [2.75, 3.05) is 0 Å². The molecule has 3 amide bonds. The van der Waals surface area contributed by atoms with Crippen molar-refractivity contribution < 1.29 is 24.3 Å². The van der Waals surface area contributed by atoms with Gasteiger partial charge in [0.2, 0.25) is 17.7 Å². The molecule has 2 unspecified atom stereocenters. The SMILES string of the molecule is CC(C)CC(=O)N[C@@H](CC(C)C)C(=O)N[C@H](C(=O)NC(Cc1ccccc1)C(N)CC(=O)O)C(C)C. The normalized spacial score (nSPS) is 14.7. The number of carboxylic acid groups (broad SMARTS) is 1. The number of amides is 3. The first kappa shape index (κ1) is 31.1. The van der Waals surface area contributed by atoms with Crippen LogP contribution in [0.5, 0.6) is 0 Å². The quantitative estimate of drug-likeness (QED) is 0.247. The first-order chi connectivity index (χ1) is 16.8. The maximum atomic E-state index is 13.3. The number of nitrogens with one attached hydrogen (secondary N) is 3. The molecular formula is C27H44N4O5. The van der Waals surface area contributed by atoms with Gasteiger partial charge in [-0.2, -0.15) is 0 Å². The number of aliphatic carboxylic acids is 1. The highest BCUT2D eigenvalue weighted by atomic mass is 16.4. The van der Waals surface area contributed by atoms with Crippen LogP contribution in [-0.2, 0) is 25.6 Å². The zero-order valence-corrected chi connectivity index (χ0v) is 22.4. The van der Waals surface area contributed by atoms with Crippen LogP contribution in [-0.4, -0.2) is 53.0 Å². The minimum atomic E-state index is -1.06. The van der Waals surface area contributed by atoms with Crippen LogP contribution in [0.2, 0.25) is 0 Å². The fraction of sp³-hybridized carbons (Fsp3) is 0.630. The molecule has 9 heteroatoms. The van der Waals surface area contributed by atoms with Crippen LogP contribution in [0.3, 0.4) is 0 Å². The van der Waals surface area contributed by atoms with Gasteiger partial charge in [-0.05, 0) is 36.2 Å². The Bertz CT molecular complexity index is 857. The third kappa shape index (κ3) is 11.7. The molecule has 1 rings (SSSR count). The van der Waals surface area contributed by atoms with Crippen molar-refractivity contribution in [3.8, 4) is 0 Å². The van der Waals surface area contributed by atoms with Gasteiger partial charge in [0, 0.05) is 18.5 Å². The minimum Gasteiger partial charge on any atom is -0.481 e. The van der Waals surface area contributed by atoms with Crippen molar-refractivity contribution in [3.05, 3.63) is 35.9 Å². The maximum absolute atomic E-state index is 13.3. The van der Waals surface area contributed by atoms with E-state index in [0.29, 0.717) is 19.3 Å². The summed E-state index contributed by atoms with van der Waals surface area (Å²) in [6.45, 7) is 11.4. The monoisotopic (exact) mass is 504 g/mol. The summed E-state index contributed by atoms with van der Waals surface area (Å²) in [7, 11) is 0. The minimum absolute atomic E-state index is 0.149. The van der Waals surface area contributed by atoms with Crippen molar-refractivity contribution in [1.82, 2.24) is 16.0 Å². The second-order valence-electron chi connectivity index (χ2n) is 10.6. The Balaban J connectivity index is 3.03. The Morgan fingerprint density at radius 3 is 1.94 bits per heavy atom. The molecule has 1 aromatic rings. The van der Waals surface area contributed by atoms with E-state index in [1.807, 2.05) is 71.9 Å². The van der Waals surface area contributed by atoms with Crippen LogP contribution in [0.4, 0.5) is 0 Å². The standard InChI is InChI=1S/C27H44N4O5/c1-16(2)12-22(29-23(32)13-17(3)4)26(35)31-25(18(5)6)27(36)30-21(20(28)15-24(33)34)14-19-10-8-7-9-11-19/h7-11,16-18,20-22,25H,12-15,28H2,1-6H3,(H,29,32)(H,30,36)(H,31,35)(H,33,34)/t20?,21?,22-,25-/m0/s1. The summed E-state index contributed by atoms with van der Waals surface area (Å²) >= 11 is 0. The Labute approximate surface area is 215 Å². The molecule has 4 atom stereocenters. The molecule has 0 aliphatic heterocycles. The summed E-state index contributed by atoms with van der Waals surface area (Å²) in [5.41, 5.74) is 7.06. The maximum Gasteiger partial charge on any atom is 0.305 e. The topological polar surface area (TPSA) is 151 Å². The van der Waals surface area contributed by atoms with Gasteiger partial charge in [-0.25, -0.2) is 0 Å². The van der Waals surface area contributed by atoms with Gasteiger partial charge in [0.05, 0.1) is 6.42 Å². The average Bonchev–Trinajstić information content (AvgIpc) is 2.75. The molecule has 0 bridgehead atoms. The number of nitrogens with two attached hydrogens (primary N) is 1. The summed E-state index contributed by atoms with van der Waals surface area (Å²) in [5.74, 6) is -2.10. The molecule has 0 aromatic heterocycles.